The number of carbonyl (C=O) groups excluding carboxylic acids is 1. The minimum Gasteiger partial charge on any atom is -0.399 e. The lowest BCUT2D eigenvalue weighted by Crippen LogP contribution is -2.24. The molecule has 0 spiro atoms. The number of anilines is 2. The number of benzene rings is 1. The number of rotatable bonds is 5. The molecule has 0 saturated carbocycles. The molecule has 5 N–H and O–H groups in total. The summed E-state index contributed by atoms with van der Waals surface area (Å²) in [6.07, 6.45) is 7.65. The summed E-state index contributed by atoms with van der Waals surface area (Å²) in [6.45, 7) is 0.606. The third-order valence-corrected chi connectivity index (χ3v) is 2.27. The zero-order valence-electron chi connectivity index (χ0n) is 9.70. The molecule has 17 heavy (non-hydrogen) atoms. The minimum absolute atomic E-state index is 0.162. The van der Waals surface area contributed by atoms with E-state index in [-0.39, 0.29) is 5.91 Å². The van der Waals surface area contributed by atoms with Crippen molar-refractivity contribution in [3.05, 3.63) is 23.8 Å². The molecule has 0 atom stereocenters. The number of unbranched alkanes of at least 4 members (excludes halogenated alkanes) is 2. The van der Waals surface area contributed by atoms with Crippen molar-refractivity contribution < 1.29 is 4.79 Å². The summed E-state index contributed by atoms with van der Waals surface area (Å²) in [7, 11) is 0. The maximum absolute atomic E-state index is 11.7. The molecule has 0 unspecified atom stereocenters. The molecule has 0 bridgehead atoms. The van der Waals surface area contributed by atoms with Crippen LogP contribution in [0.15, 0.2) is 18.2 Å². The van der Waals surface area contributed by atoms with Gasteiger partial charge in [0.15, 0.2) is 0 Å². The SMILES string of the molecule is C#CCCCCNC(=O)c1cc(N)cc(N)c1. The lowest BCUT2D eigenvalue weighted by molar-refractivity contribution is 0.0953. The fourth-order valence-corrected chi connectivity index (χ4v) is 1.46. The Labute approximate surface area is 101 Å². The Kier molecular flexibility index (Phi) is 4.89. The van der Waals surface area contributed by atoms with Gasteiger partial charge < -0.3 is 16.8 Å². The van der Waals surface area contributed by atoms with E-state index in [1.807, 2.05) is 0 Å². The Morgan fingerprint density at radius 1 is 1.24 bits per heavy atom. The van der Waals surface area contributed by atoms with Gasteiger partial charge in [0.2, 0.25) is 0 Å². The molecule has 1 aromatic rings. The maximum Gasteiger partial charge on any atom is 0.251 e. The third kappa shape index (κ3) is 4.47. The monoisotopic (exact) mass is 231 g/mol. The van der Waals surface area contributed by atoms with E-state index in [1.54, 1.807) is 18.2 Å². The average Bonchev–Trinajstić information content (AvgIpc) is 2.27. The van der Waals surface area contributed by atoms with Crippen molar-refractivity contribution in [1.29, 1.82) is 0 Å². The van der Waals surface area contributed by atoms with Crippen LogP contribution in [-0.2, 0) is 0 Å². The molecule has 1 amide bonds. The first-order chi connectivity index (χ1) is 8.13. The summed E-state index contributed by atoms with van der Waals surface area (Å²) in [6, 6.07) is 4.82. The summed E-state index contributed by atoms with van der Waals surface area (Å²) in [5.41, 5.74) is 12.7. The topological polar surface area (TPSA) is 81.1 Å². The van der Waals surface area contributed by atoms with Gasteiger partial charge >= 0.3 is 0 Å². The maximum atomic E-state index is 11.7. The molecule has 4 heteroatoms. The molecular formula is C13H17N3O. The molecule has 0 radical (unpaired) electrons. The van der Waals surface area contributed by atoms with Gasteiger partial charge in [-0.1, -0.05) is 0 Å². The van der Waals surface area contributed by atoms with Gasteiger partial charge in [0.05, 0.1) is 0 Å². The molecule has 0 saturated heterocycles. The van der Waals surface area contributed by atoms with Crippen LogP contribution >= 0.6 is 0 Å². The zero-order chi connectivity index (χ0) is 12.7. The van der Waals surface area contributed by atoms with Crippen LogP contribution in [0.2, 0.25) is 0 Å². The molecule has 1 rings (SSSR count). The van der Waals surface area contributed by atoms with E-state index in [4.69, 9.17) is 17.9 Å². The summed E-state index contributed by atoms with van der Waals surface area (Å²) in [5.74, 6) is 2.39. The second kappa shape index (κ2) is 6.44. The number of hydrogen-bond acceptors (Lipinski definition) is 3. The number of carbonyl (C=O) groups is 1. The van der Waals surface area contributed by atoms with E-state index in [0.717, 1.165) is 19.3 Å². The highest BCUT2D eigenvalue weighted by atomic mass is 16.1. The summed E-state index contributed by atoms with van der Waals surface area (Å²) >= 11 is 0. The Morgan fingerprint density at radius 2 is 1.88 bits per heavy atom. The van der Waals surface area contributed by atoms with Gasteiger partial charge in [-0.05, 0) is 31.0 Å². The van der Waals surface area contributed by atoms with Gasteiger partial charge in [0, 0.05) is 29.9 Å². The smallest absolute Gasteiger partial charge is 0.251 e. The Morgan fingerprint density at radius 3 is 2.47 bits per heavy atom. The molecule has 0 heterocycles. The zero-order valence-corrected chi connectivity index (χ0v) is 9.70. The number of nitrogens with one attached hydrogen (secondary N) is 1. The number of nitrogen functional groups attached to an aromatic ring is 2. The van der Waals surface area contributed by atoms with Crippen molar-refractivity contribution in [3.8, 4) is 12.3 Å². The molecule has 0 aromatic heterocycles. The summed E-state index contributed by atoms with van der Waals surface area (Å²) in [5, 5.41) is 2.79. The van der Waals surface area contributed by atoms with Crippen LogP contribution in [0.25, 0.3) is 0 Å². The first-order valence-electron chi connectivity index (χ1n) is 5.51. The van der Waals surface area contributed by atoms with E-state index in [9.17, 15) is 4.79 Å². The largest absolute Gasteiger partial charge is 0.399 e. The Balaban J connectivity index is 2.44. The molecule has 90 valence electrons. The highest BCUT2D eigenvalue weighted by molar-refractivity contribution is 5.96. The highest BCUT2D eigenvalue weighted by Crippen LogP contribution is 2.13. The lowest BCUT2D eigenvalue weighted by atomic mass is 10.1. The molecule has 0 aliphatic heterocycles. The van der Waals surface area contributed by atoms with E-state index >= 15 is 0 Å². The van der Waals surface area contributed by atoms with Crippen LogP contribution < -0.4 is 16.8 Å². The van der Waals surface area contributed by atoms with Gasteiger partial charge in [-0.2, -0.15) is 0 Å². The van der Waals surface area contributed by atoms with Crippen LogP contribution in [0.4, 0.5) is 11.4 Å². The normalized spacial score (nSPS) is 9.59. The molecule has 4 nitrogen and oxygen atoms in total. The Hall–Kier alpha value is -2.15. The van der Waals surface area contributed by atoms with Gasteiger partial charge in [-0.3, -0.25) is 4.79 Å². The second-order valence-electron chi connectivity index (χ2n) is 3.81. The second-order valence-corrected chi connectivity index (χ2v) is 3.81. The molecule has 1 aromatic carbocycles. The van der Waals surface area contributed by atoms with Gasteiger partial charge in [0.25, 0.3) is 5.91 Å². The number of nitrogens with two attached hydrogens (primary N) is 2. The summed E-state index contributed by atoms with van der Waals surface area (Å²) in [4.78, 5) is 11.7. The number of hydrogen-bond donors (Lipinski definition) is 3. The van der Waals surface area contributed by atoms with Gasteiger partial charge in [0.1, 0.15) is 0 Å². The molecule has 0 fully saturated rings. The molecular weight excluding hydrogens is 214 g/mol. The van der Waals surface area contributed by atoms with Crippen molar-refractivity contribution in [2.75, 3.05) is 18.0 Å². The van der Waals surface area contributed by atoms with Crippen molar-refractivity contribution >= 4 is 17.3 Å². The third-order valence-electron chi connectivity index (χ3n) is 2.27. The number of terminal acetylenes is 1. The van der Waals surface area contributed by atoms with Crippen molar-refractivity contribution in [1.82, 2.24) is 5.32 Å². The van der Waals surface area contributed by atoms with Crippen molar-refractivity contribution in [2.45, 2.75) is 19.3 Å². The van der Waals surface area contributed by atoms with Crippen LogP contribution in [0.5, 0.6) is 0 Å². The standard InChI is InChI=1S/C13H17N3O/c1-2-3-4-5-6-16-13(17)10-7-11(14)9-12(15)8-10/h1,7-9H,3-6,14-15H2,(H,16,17). The van der Waals surface area contributed by atoms with E-state index in [1.165, 1.54) is 0 Å². The predicted octanol–water partition coefficient (Wildman–Crippen LogP) is 1.38. The van der Waals surface area contributed by atoms with Crippen LogP contribution in [0.3, 0.4) is 0 Å². The van der Waals surface area contributed by atoms with Gasteiger partial charge in [-0.25, -0.2) is 0 Å². The number of amides is 1. The van der Waals surface area contributed by atoms with E-state index in [2.05, 4.69) is 11.2 Å². The van der Waals surface area contributed by atoms with Crippen LogP contribution in [0, 0.1) is 12.3 Å². The van der Waals surface area contributed by atoms with Gasteiger partial charge in [-0.15, -0.1) is 12.3 Å². The van der Waals surface area contributed by atoms with Crippen LogP contribution in [-0.4, -0.2) is 12.5 Å². The molecule has 0 aliphatic carbocycles. The first kappa shape index (κ1) is 12.9. The van der Waals surface area contributed by atoms with E-state index < -0.39 is 0 Å². The van der Waals surface area contributed by atoms with Crippen molar-refractivity contribution in [3.63, 3.8) is 0 Å². The minimum atomic E-state index is -0.162. The van der Waals surface area contributed by atoms with E-state index in [0.29, 0.717) is 23.5 Å². The van der Waals surface area contributed by atoms with Crippen LogP contribution in [0.1, 0.15) is 29.6 Å². The fraction of sp³-hybridized carbons (Fsp3) is 0.308. The molecule has 0 aliphatic rings. The summed E-state index contributed by atoms with van der Waals surface area (Å²) < 4.78 is 0. The highest BCUT2D eigenvalue weighted by Gasteiger charge is 2.06. The lowest BCUT2D eigenvalue weighted by Gasteiger charge is -2.06. The predicted molar refractivity (Wildman–Crippen MR) is 70.3 cm³/mol. The fourth-order valence-electron chi connectivity index (χ4n) is 1.46. The van der Waals surface area contributed by atoms with Crippen molar-refractivity contribution in [2.24, 2.45) is 0 Å². The quantitative estimate of drug-likeness (QED) is 0.407. The Bertz CT molecular complexity index is 415. The average molecular weight is 231 g/mol. The first-order valence-corrected chi connectivity index (χ1v) is 5.51.